The van der Waals surface area contributed by atoms with Crippen molar-refractivity contribution in [2.24, 2.45) is 5.92 Å². The van der Waals surface area contributed by atoms with Gasteiger partial charge in [-0.15, -0.1) is 0 Å². The van der Waals surface area contributed by atoms with Gasteiger partial charge in [0.1, 0.15) is 0 Å². The van der Waals surface area contributed by atoms with Crippen LogP contribution in [0.2, 0.25) is 0 Å². The predicted octanol–water partition coefficient (Wildman–Crippen LogP) is 2.90. The Bertz CT molecular complexity index is 429. The predicted molar refractivity (Wildman–Crippen MR) is 74.0 cm³/mol. The molecule has 2 nitrogen and oxygen atoms in total. The average Bonchev–Trinajstić information content (AvgIpc) is 2.29. The van der Waals surface area contributed by atoms with Gasteiger partial charge in [0.2, 0.25) is 0 Å². The first-order valence-corrected chi connectivity index (χ1v) is 6.82. The lowest BCUT2D eigenvalue weighted by Gasteiger charge is -2.48. The molecule has 0 bridgehead atoms. The van der Waals surface area contributed by atoms with Gasteiger partial charge < -0.3 is 9.84 Å². The second-order valence-corrected chi connectivity index (χ2v) is 5.69. The van der Waals surface area contributed by atoms with Crippen molar-refractivity contribution in [1.82, 2.24) is 0 Å². The van der Waals surface area contributed by atoms with Gasteiger partial charge in [-0.2, -0.15) is 0 Å². The van der Waals surface area contributed by atoms with Crippen molar-refractivity contribution < 1.29 is 9.84 Å². The number of aliphatic hydroxyl groups is 1. The Kier molecular flexibility index (Phi) is 3.79. The van der Waals surface area contributed by atoms with Crippen molar-refractivity contribution in [2.75, 3.05) is 19.8 Å². The van der Waals surface area contributed by atoms with Crippen LogP contribution in [0.5, 0.6) is 0 Å². The summed E-state index contributed by atoms with van der Waals surface area (Å²) in [6.45, 7) is 10.4. The van der Waals surface area contributed by atoms with E-state index < -0.39 is 0 Å². The van der Waals surface area contributed by atoms with Crippen LogP contribution in [-0.4, -0.2) is 24.9 Å². The molecule has 1 aliphatic rings. The lowest BCUT2D eigenvalue weighted by atomic mass is 9.66. The fourth-order valence-electron chi connectivity index (χ4n) is 3.12. The van der Waals surface area contributed by atoms with Gasteiger partial charge in [0.15, 0.2) is 0 Å². The number of hydrogen-bond acceptors (Lipinski definition) is 2. The lowest BCUT2D eigenvalue weighted by molar-refractivity contribution is -0.101. The number of hydrogen-bond donors (Lipinski definition) is 1. The van der Waals surface area contributed by atoms with E-state index in [0.717, 1.165) is 19.6 Å². The molecule has 1 heterocycles. The van der Waals surface area contributed by atoms with Crippen LogP contribution in [0.3, 0.4) is 0 Å². The van der Waals surface area contributed by atoms with Crippen molar-refractivity contribution in [2.45, 2.75) is 39.5 Å². The Balaban J connectivity index is 2.48. The van der Waals surface area contributed by atoms with Gasteiger partial charge in [-0.3, -0.25) is 0 Å². The van der Waals surface area contributed by atoms with Crippen LogP contribution >= 0.6 is 0 Å². The Morgan fingerprint density at radius 1 is 1.17 bits per heavy atom. The maximum atomic E-state index is 9.65. The monoisotopic (exact) mass is 248 g/mol. The highest BCUT2D eigenvalue weighted by molar-refractivity contribution is 5.42. The largest absolute Gasteiger partial charge is 0.396 e. The van der Waals surface area contributed by atoms with Gasteiger partial charge >= 0.3 is 0 Å². The van der Waals surface area contributed by atoms with Crippen LogP contribution in [0.4, 0.5) is 0 Å². The molecule has 1 unspecified atom stereocenters. The number of rotatable bonds is 4. The standard InChI is InChI=1S/C16H24O2/c1-5-14(8-17)16(9-18-10-16)15-7-12(3)11(2)6-13(15)4/h6-7,14,17H,5,8-10H2,1-4H3. The zero-order chi connectivity index (χ0) is 13.3. The zero-order valence-corrected chi connectivity index (χ0v) is 11.9. The molecule has 1 aromatic carbocycles. The number of aliphatic hydroxyl groups excluding tert-OH is 1. The minimum Gasteiger partial charge on any atom is -0.396 e. The molecule has 1 N–H and O–H groups in total. The summed E-state index contributed by atoms with van der Waals surface area (Å²) in [5.74, 6) is 0.298. The van der Waals surface area contributed by atoms with E-state index in [4.69, 9.17) is 4.74 Å². The third-order valence-corrected chi connectivity index (χ3v) is 4.59. The quantitative estimate of drug-likeness (QED) is 0.888. The van der Waals surface area contributed by atoms with Crippen molar-refractivity contribution in [3.8, 4) is 0 Å². The highest BCUT2D eigenvalue weighted by atomic mass is 16.5. The molecule has 18 heavy (non-hydrogen) atoms. The summed E-state index contributed by atoms with van der Waals surface area (Å²) in [6, 6.07) is 4.56. The Labute approximate surface area is 110 Å². The van der Waals surface area contributed by atoms with Gasteiger partial charge in [-0.25, -0.2) is 0 Å². The third-order valence-electron chi connectivity index (χ3n) is 4.59. The van der Waals surface area contributed by atoms with E-state index in [1.165, 1.54) is 22.3 Å². The summed E-state index contributed by atoms with van der Waals surface area (Å²) in [5.41, 5.74) is 5.40. The molecular formula is C16H24O2. The third kappa shape index (κ3) is 1.98. The van der Waals surface area contributed by atoms with Gasteiger partial charge in [0.05, 0.1) is 13.2 Å². The van der Waals surface area contributed by atoms with Crippen LogP contribution in [-0.2, 0) is 10.2 Å². The topological polar surface area (TPSA) is 29.5 Å². The minimum atomic E-state index is 0.0338. The van der Waals surface area contributed by atoms with E-state index in [0.29, 0.717) is 5.92 Å². The van der Waals surface area contributed by atoms with E-state index >= 15 is 0 Å². The first kappa shape index (κ1) is 13.6. The fraction of sp³-hybridized carbons (Fsp3) is 0.625. The average molecular weight is 248 g/mol. The maximum absolute atomic E-state index is 9.65. The van der Waals surface area contributed by atoms with E-state index in [1.807, 2.05) is 0 Å². The molecule has 0 amide bonds. The molecule has 2 rings (SSSR count). The molecule has 0 aromatic heterocycles. The Hall–Kier alpha value is -0.860. The fourth-order valence-corrected chi connectivity index (χ4v) is 3.12. The molecule has 0 aliphatic carbocycles. The molecule has 0 radical (unpaired) electrons. The molecule has 1 atom stereocenters. The summed E-state index contributed by atoms with van der Waals surface area (Å²) >= 11 is 0. The van der Waals surface area contributed by atoms with Gasteiger partial charge in [0, 0.05) is 12.0 Å². The van der Waals surface area contributed by atoms with E-state index in [9.17, 15) is 5.11 Å². The number of ether oxygens (including phenoxy) is 1. The molecule has 100 valence electrons. The molecule has 1 aromatic rings. The summed E-state index contributed by atoms with van der Waals surface area (Å²) in [4.78, 5) is 0. The van der Waals surface area contributed by atoms with Crippen LogP contribution in [0.25, 0.3) is 0 Å². The molecule has 2 heteroatoms. The first-order valence-electron chi connectivity index (χ1n) is 6.82. The van der Waals surface area contributed by atoms with Crippen molar-refractivity contribution in [1.29, 1.82) is 0 Å². The summed E-state index contributed by atoms with van der Waals surface area (Å²) in [6.07, 6.45) is 0.992. The van der Waals surface area contributed by atoms with Gasteiger partial charge in [0.25, 0.3) is 0 Å². The van der Waals surface area contributed by atoms with Crippen molar-refractivity contribution in [3.63, 3.8) is 0 Å². The highest BCUT2D eigenvalue weighted by Crippen LogP contribution is 2.43. The van der Waals surface area contributed by atoms with Crippen LogP contribution < -0.4 is 0 Å². The molecular weight excluding hydrogens is 224 g/mol. The number of benzene rings is 1. The first-order chi connectivity index (χ1) is 8.55. The van der Waals surface area contributed by atoms with Crippen molar-refractivity contribution in [3.05, 3.63) is 34.4 Å². The molecule has 0 saturated carbocycles. The smallest absolute Gasteiger partial charge is 0.0589 e. The van der Waals surface area contributed by atoms with Gasteiger partial charge in [-0.05, 0) is 48.9 Å². The number of aryl methyl sites for hydroxylation is 3. The van der Waals surface area contributed by atoms with Crippen LogP contribution in [0.15, 0.2) is 12.1 Å². The zero-order valence-electron chi connectivity index (χ0n) is 11.9. The van der Waals surface area contributed by atoms with E-state index in [-0.39, 0.29) is 12.0 Å². The van der Waals surface area contributed by atoms with Crippen molar-refractivity contribution >= 4 is 0 Å². The Morgan fingerprint density at radius 2 is 1.78 bits per heavy atom. The second kappa shape index (κ2) is 5.02. The molecule has 1 fully saturated rings. The molecule has 1 aliphatic heterocycles. The lowest BCUT2D eigenvalue weighted by Crippen LogP contribution is -2.53. The Morgan fingerprint density at radius 3 is 2.22 bits per heavy atom. The summed E-state index contributed by atoms with van der Waals surface area (Å²) in [7, 11) is 0. The van der Waals surface area contributed by atoms with E-state index in [1.54, 1.807) is 0 Å². The van der Waals surface area contributed by atoms with Crippen LogP contribution in [0, 0.1) is 26.7 Å². The minimum absolute atomic E-state index is 0.0338. The SMILES string of the molecule is CCC(CO)C1(c2cc(C)c(C)cc2C)COC1. The van der Waals surface area contributed by atoms with Crippen LogP contribution in [0.1, 0.15) is 35.6 Å². The van der Waals surface area contributed by atoms with E-state index in [2.05, 4.69) is 39.8 Å². The maximum Gasteiger partial charge on any atom is 0.0589 e. The normalized spacial score (nSPS) is 19.4. The molecule has 1 saturated heterocycles. The second-order valence-electron chi connectivity index (χ2n) is 5.69. The molecule has 0 spiro atoms. The summed E-state index contributed by atoms with van der Waals surface area (Å²) < 4.78 is 5.49. The highest BCUT2D eigenvalue weighted by Gasteiger charge is 2.46. The van der Waals surface area contributed by atoms with Gasteiger partial charge in [-0.1, -0.05) is 25.5 Å². The summed E-state index contributed by atoms with van der Waals surface area (Å²) in [5, 5.41) is 9.65.